The minimum atomic E-state index is -2.96. The van der Waals surface area contributed by atoms with Gasteiger partial charge in [-0.05, 0) is 12.1 Å². The van der Waals surface area contributed by atoms with Crippen molar-refractivity contribution in [3.05, 3.63) is 24.3 Å². The van der Waals surface area contributed by atoms with Crippen LogP contribution >= 0.6 is 0 Å². The highest BCUT2D eigenvalue weighted by atomic mass is 32.2. The number of nitrogen functional groups attached to an aromatic ring is 1. The molecule has 2 N–H and O–H groups in total. The maximum absolute atomic E-state index is 10.8. The number of hydrogen-bond donors (Lipinski definition) is 1. The molecule has 0 unspecified atom stereocenters. The second-order valence-corrected chi connectivity index (χ2v) is 5.31. The van der Waals surface area contributed by atoms with Crippen LogP contribution in [0.1, 0.15) is 0 Å². The van der Waals surface area contributed by atoms with Crippen LogP contribution in [0, 0.1) is 0 Å². The topological polar surface area (TPSA) is 69.4 Å². The van der Waals surface area contributed by atoms with Crippen LogP contribution in [0.15, 0.2) is 24.3 Å². The average Bonchev–Trinajstić information content (AvgIpc) is 2.01. The van der Waals surface area contributed by atoms with Gasteiger partial charge in [0.1, 0.15) is 12.4 Å². The molecule has 5 heteroatoms. The number of benzene rings is 1. The van der Waals surface area contributed by atoms with Gasteiger partial charge in [-0.1, -0.05) is 6.07 Å². The maximum atomic E-state index is 10.8. The Bertz CT molecular complexity index is 400. The van der Waals surface area contributed by atoms with Crippen LogP contribution in [0.25, 0.3) is 0 Å². The highest BCUT2D eigenvalue weighted by Gasteiger charge is 2.02. The van der Waals surface area contributed by atoms with Gasteiger partial charge in [0.25, 0.3) is 0 Å². The van der Waals surface area contributed by atoms with Crippen LogP contribution < -0.4 is 10.5 Å². The van der Waals surface area contributed by atoms with Gasteiger partial charge in [-0.15, -0.1) is 0 Å². The summed E-state index contributed by atoms with van der Waals surface area (Å²) in [5, 5.41) is 0. The van der Waals surface area contributed by atoms with E-state index < -0.39 is 9.84 Å². The molecule has 78 valence electrons. The van der Waals surface area contributed by atoms with Crippen molar-refractivity contribution in [2.24, 2.45) is 0 Å². The molecule has 1 rings (SSSR count). The second-order valence-electron chi connectivity index (χ2n) is 3.05. The SMILES string of the molecule is CS(=O)(=O)CCOc1cccc(N)c1. The van der Waals surface area contributed by atoms with Crippen molar-refractivity contribution in [1.82, 2.24) is 0 Å². The number of rotatable bonds is 4. The third-order valence-electron chi connectivity index (χ3n) is 1.58. The molecule has 0 atom stereocenters. The van der Waals surface area contributed by atoms with E-state index in [0.29, 0.717) is 11.4 Å². The number of anilines is 1. The summed E-state index contributed by atoms with van der Waals surface area (Å²) >= 11 is 0. The third-order valence-corrected chi connectivity index (χ3v) is 2.49. The fraction of sp³-hybridized carbons (Fsp3) is 0.333. The number of hydrogen-bond acceptors (Lipinski definition) is 4. The van der Waals surface area contributed by atoms with Crippen LogP contribution in [-0.2, 0) is 9.84 Å². The van der Waals surface area contributed by atoms with Gasteiger partial charge in [0.2, 0.25) is 0 Å². The largest absolute Gasteiger partial charge is 0.492 e. The molecule has 0 aliphatic heterocycles. The molecule has 0 bridgehead atoms. The maximum Gasteiger partial charge on any atom is 0.150 e. The monoisotopic (exact) mass is 215 g/mol. The predicted molar refractivity (Wildman–Crippen MR) is 56.1 cm³/mol. The average molecular weight is 215 g/mol. The van der Waals surface area contributed by atoms with Crippen molar-refractivity contribution in [3.8, 4) is 5.75 Å². The molecule has 14 heavy (non-hydrogen) atoms. The minimum Gasteiger partial charge on any atom is -0.492 e. The molecule has 1 aromatic carbocycles. The lowest BCUT2D eigenvalue weighted by Crippen LogP contribution is -2.12. The van der Waals surface area contributed by atoms with Crippen molar-refractivity contribution >= 4 is 15.5 Å². The van der Waals surface area contributed by atoms with Gasteiger partial charge in [-0.2, -0.15) is 0 Å². The van der Waals surface area contributed by atoms with Gasteiger partial charge in [0.15, 0.2) is 9.84 Å². The molecule has 0 aromatic heterocycles. The summed E-state index contributed by atoms with van der Waals surface area (Å²) in [7, 11) is -2.96. The molecule has 0 saturated carbocycles. The van der Waals surface area contributed by atoms with Gasteiger partial charge in [0, 0.05) is 18.0 Å². The zero-order chi connectivity index (χ0) is 10.6. The van der Waals surface area contributed by atoms with E-state index in [9.17, 15) is 8.42 Å². The Morgan fingerprint density at radius 2 is 2.14 bits per heavy atom. The van der Waals surface area contributed by atoms with E-state index in [1.54, 1.807) is 24.3 Å². The molecule has 0 amide bonds. The predicted octanol–water partition coefficient (Wildman–Crippen LogP) is 0.692. The number of ether oxygens (including phenoxy) is 1. The summed E-state index contributed by atoms with van der Waals surface area (Å²) in [5.74, 6) is 0.607. The van der Waals surface area contributed by atoms with Crippen LogP contribution in [0.3, 0.4) is 0 Å². The summed E-state index contributed by atoms with van der Waals surface area (Å²) in [6.07, 6.45) is 1.18. The van der Waals surface area contributed by atoms with Gasteiger partial charge in [-0.3, -0.25) is 0 Å². The van der Waals surface area contributed by atoms with E-state index in [1.807, 2.05) is 0 Å². The van der Waals surface area contributed by atoms with Gasteiger partial charge in [0.05, 0.1) is 5.75 Å². The van der Waals surface area contributed by atoms with Gasteiger partial charge >= 0.3 is 0 Å². The van der Waals surface area contributed by atoms with Crippen LogP contribution in [0.2, 0.25) is 0 Å². The Balaban J connectivity index is 2.47. The van der Waals surface area contributed by atoms with Crippen molar-refractivity contribution in [2.75, 3.05) is 24.3 Å². The molecule has 1 aromatic rings. The summed E-state index contributed by atoms with van der Waals surface area (Å²) in [4.78, 5) is 0. The Morgan fingerprint density at radius 1 is 1.43 bits per heavy atom. The fourth-order valence-electron chi connectivity index (χ4n) is 0.915. The lowest BCUT2D eigenvalue weighted by atomic mass is 10.3. The summed E-state index contributed by atoms with van der Waals surface area (Å²) < 4.78 is 26.8. The van der Waals surface area contributed by atoms with E-state index in [2.05, 4.69) is 0 Å². The minimum absolute atomic E-state index is 0.0157. The molecule has 4 nitrogen and oxygen atoms in total. The van der Waals surface area contributed by atoms with Crippen molar-refractivity contribution in [3.63, 3.8) is 0 Å². The Hall–Kier alpha value is -1.23. The molecule has 0 spiro atoms. The highest BCUT2D eigenvalue weighted by molar-refractivity contribution is 7.90. The first-order chi connectivity index (χ1) is 6.47. The van der Waals surface area contributed by atoms with Gasteiger partial charge in [-0.25, -0.2) is 8.42 Å². The highest BCUT2D eigenvalue weighted by Crippen LogP contribution is 2.14. The molecule has 0 aliphatic carbocycles. The zero-order valence-corrected chi connectivity index (χ0v) is 8.75. The summed E-state index contributed by atoms with van der Waals surface area (Å²) in [6.45, 7) is 0.155. The summed E-state index contributed by atoms with van der Waals surface area (Å²) in [6, 6.07) is 6.88. The quantitative estimate of drug-likeness (QED) is 0.750. The zero-order valence-electron chi connectivity index (χ0n) is 7.93. The molecule has 0 aliphatic rings. The first kappa shape index (κ1) is 10.8. The normalized spacial score (nSPS) is 11.2. The third kappa shape index (κ3) is 4.13. The number of sulfone groups is 1. The van der Waals surface area contributed by atoms with E-state index in [1.165, 1.54) is 6.26 Å². The van der Waals surface area contributed by atoms with E-state index in [-0.39, 0.29) is 12.4 Å². The summed E-state index contributed by atoms with van der Waals surface area (Å²) in [5.41, 5.74) is 6.12. The van der Waals surface area contributed by atoms with Crippen molar-refractivity contribution < 1.29 is 13.2 Å². The molecule has 0 radical (unpaired) electrons. The van der Waals surface area contributed by atoms with Crippen LogP contribution in [0.5, 0.6) is 5.75 Å². The van der Waals surface area contributed by atoms with Crippen LogP contribution in [-0.4, -0.2) is 27.0 Å². The lowest BCUT2D eigenvalue weighted by Gasteiger charge is -2.05. The first-order valence-electron chi connectivity index (χ1n) is 4.13. The first-order valence-corrected chi connectivity index (χ1v) is 6.19. The lowest BCUT2D eigenvalue weighted by molar-refractivity contribution is 0.341. The van der Waals surface area contributed by atoms with E-state index in [0.717, 1.165) is 0 Å². The van der Waals surface area contributed by atoms with E-state index in [4.69, 9.17) is 10.5 Å². The number of nitrogens with two attached hydrogens (primary N) is 1. The molecule has 0 fully saturated rings. The second kappa shape index (κ2) is 4.32. The standard InChI is InChI=1S/C9H13NO3S/c1-14(11,12)6-5-13-9-4-2-3-8(10)7-9/h2-4,7H,5-6,10H2,1H3. The van der Waals surface area contributed by atoms with Gasteiger partial charge < -0.3 is 10.5 Å². The Kier molecular flexibility index (Phi) is 3.35. The van der Waals surface area contributed by atoms with Crippen molar-refractivity contribution in [2.45, 2.75) is 0 Å². The molecular formula is C9H13NO3S. The Labute approximate surface area is 83.6 Å². The smallest absolute Gasteiger partial charge is 0.150 e. The van der Waals surface area contributed by atoms with E-state index >= 15 is 0 Å². The molecule has 0 saturated heterocycles. The van der Waals surface area contributed by atoms with Crippen molar-refractivity contribution in [1.29, 1.82) is 0 Å². The van der Waals surface area contributed by atoms with Crippen LogP contribution in [0.4, 0.5) is 5.69 Å². The molecular weight excluding hydrogens is 202 g/mol. The molecule has 0 heterocycles. The fourth-order valence-corrected chi connectivity index (χ4v) is 1.30. The Morgan fingerprint density at radius 3 is 2.71 bits per heavy atom.